The first-order chi connectivity index (χ1) is 10.9. The number of hydrogen-bond donors (Lipinski definition) is 0. The largest absolute Gasteiger partial charge is 0.299 e. The molecular weight excluding hydrogens is 304 g/mol. The second-order valence-electron chi connectivity index (χ2n) is 7.91. The van der Waals surface area contributed by atoms with Gasteiger partial charge in [0.2, 0.25) is 0 Å². The summed E-state index contributed by atoms with van der Waals surface area (Å²) in [6.45, 7) is 4.46. The molecule has 2 nitrogen and oxygen atoms in total. The first-order valence-corrected chi connectivity index (χ1v) is 9.89. The van der Waals surface area contributed by atoms with Gasteiger partial charge in [-0.2, -0.15) is 0 Å². The lowest BCUT2D eigenvalue weighted by Gasteiger charge is -2.51. The van der Waals surface area contributed by atoms with Crippen molar-refractivity contribution in [2.24, 2.45) is 22.7 Å². The van der Waals surface area contributed by atoms with Crippen molar-refractivity contribution in [3.63, 3.8) is 0 Å². The Bertz CT molecular complexity index is 698. The van der Waals surface area contributed by atoms with Crippen LogP contribution in [0.5, 0.6) is 0 Å². The number of ketones is 2. The highest BCUT2D eigenvalue weighted by molar-refractivity contribution is 8.03. The summed E-state index contributed by atoms with van der Waals surface area (Å²) < 4.78 is 0. The molecule has 2 fully saturated rings. The van der Waals surface area contributed by atoms with Crippen molar-refractivity contribution >= 4 is 23.3 Å². The van der Waals surface area contributed by atoms with E-state index in [9.17, 15) is 9.59 Å². The third-order valence-electron chi connectivity index (χ3n) is 6.97. The molecule has 122 valence electrons. The van der Waals surface area contributed by atoms with Crippen LogP contribution in [0.25, 0.3) is 0 Å². The van der Waals surface area contributed by atoms with E-state index in [1.165, 1.54) is 11.1 Å². The van der Waals surface area contributed by atoms with Gasteiger partial charge in [0.1, 0.15) is 5.78 Å². The number of fused-ring (bicyclic) bond motifs is 5. The number of thioether (sulfide) groups is 1. The summed E-state index contributed by atoms with van der Waals surface area (Å²) in [5, 5.41) is 0. The lowest BCUT2D eigenvalue weighted by molar-refractivity contribution is -0.127. The van der Waals surface area contributed by atoms with Gasteiger partial charge in [0, 0.05) is 17.3 Å². The van der Waals surface area contributed by atoms with Gasteiger partial charge in [-0.3, -0.25) is 9.59 Å². The van der Waals surface area contributed by atoms with Gasteiger partial charge in [-0.15, -0.1) is 11.8 Å². The monoisotopic (exact) mass is 328 g/mol. The Balaban J connectivity index is 1.82. The average molecular weight is 328 g/mol. The van der Waals surface area contributed by atoms with E-state index >= 15 is 0 Å². The van der Waals surface area contributed by atoms with Gasteiger partial charge in [-0.25, -0.2) is 0 Å². The van der Waals surface area contributed by atoms with Crippen LogP contribution >= 0.6 is 11.8 Å². The fourth-order valence-corrected chi connectivity index (χ4v) is 6.45. The number of carbonyl (C=O) groups excluding carboxylic acids is 2. The molecule has 0 saturated heterocycles. The van der Waals surface area contributed by atoms with Crippen molar-refractivity contribution in [2.75, 3.05) is 6.26 Å². The molecule has 0 unspecified atom stereocenters. The summed E-state index contributed by atoms with van der Waals surface area (Å²) in [7, 11) is 0. The van der Waals surface area contributed by atoms with E-state index in [4.69, 9.17) is 0 Å². The SMILES string of the molecule is CSC1=C2CC[C@@H]3C(=CC[C@]4(C)C(=O)CC[C@@H]34)[C@@]2(C)C=CC1=O. The van der Waals surface area contributed by atoms with Crippen molar-refractivity contribution in [3.8, 4) is 0 Å². The van der Waals surface area contributed by atoms with Crippen LogP contribution in [0.3, 0.4) is 0 Å². The minimum absolute atomic E-state index is 0.109. The van der Waals surface area contributed by atoms with E-state index in [1.807, 2.05) is 6.26 Å². The molecule has 4 rings (SSSR count). The Morgan fingerprint density at radius 1 is 1.17 bits per heavy atom. The summed E-state index contributed by atoms with van der Waals surface area (Å²) in [5.74, 6) is 1.64. The van der Waals surface area contributed by atoms with E-state index in [-0.39, 0.29) is 16.6 Å². The number of allylic oxidation sites excluding steroid dienone is 6. The third kappa shape index (κ3) is 1.89. The Kier molecular flexibility index (Phi) is 3.32. The summed E-state index contributed by atoms with van der Waals surface area (Å²) in [5.41, 5.74) is 2.55. The van der Waals surface area contributed by atoms with Gasteiger partial charge < -0.3 is 0 Å². The molecule has 4 aliphatic rings. The predicted octanol–water partition coefficient (Wildman–Crippen LogP) is 4.47. The lowest BCUT2D eigenvalue weighted by Crippen LogP contribution is -2.44. The molecule has 0 spiro atoms. The summed E-state index contributed by atoms with van der Waals surface area (Å²) >= 11 is 1.59. The Morgan fingerprint density at radius 2 is 1.96 bits per heavy atom. The Morgan fingerprint density at radius 3 is 2.70 bits per heavy atom. The second-order valence-corrected chi connectivity index (χ2v) is 8.72. The van der Waals surface area contributed by atoms with Gasteiger partial charge in [-0.05, 0) is 62.3 Å². The van der Waals surface area contributed by atoms with Crippen molar-refractivity contribution in [1.82, 2.24) is 0 Å². The van der Waals surface area contributed by atoms with Gasteiger partial charge in [-0.1, -0.05) is 24.6 Å². The summed E-state index contributed by atoms with van der Waals surface area (Å²) in [4.78, 5) is 25.6. The zero-order valence-corrected chi connectivity index (χ0v) is 15.0. The molecule has 0 aromatic heterocycles. The molecule has 0 amide bonds. The van der Waals surface area contributed by atoms with Crippen molar-refractivity contribution in [3.05, 3.63) is 34.3 Å². The minimum atomic E-state index is -0.137. The predicted molar refractivity (Wildman–Crippen MR) is 94.1 cm³/mol. The maximum Gasteiger partial charge on any atom is 0.191 e. The molecule has 4 atom stereocenters. The number of rotatable bonds is 1. The number of Topliss-reactive ketones (excluding diaryl/α,β-unsaturated/α-hetero) is 1. The maximum absolute atomic E-state index is 12.4. The average Bonchev–Trinajstić information content (AvgIpc) is 2.83. The molecule has 0 bridgehead atoms. The van der Waals surface area contributed by atoms with E-state index < -0.39 is 0 Å². The highest BCUT2D eigenvalue weighted by atomic mass is 32.2. The van der Waals surface area contributed by atoms with Crippen LogP contribution in [0.15, 0.2) is 34.3 Å². The fourth-order valence-electron chi connectivity index (χ4n) is 5.62. The minimum Gasteiger partial charge on any atom is -0.299 e. The zero-order chi connectivity index (χ0) is 16.4. The third-order valence-corrected chi connectivity index (χ3v) is 7.83. The van der Waals surface area contributed by atoms with Crippen molar-refractivity contribution < 1.29 is 9.59 Å². The van der Waals surface area contributed by atoms with Crippen LogP contribution in [0.1, 0.15) is 46.0 Å². The molecule has 0 N–H and O–H groups in total. The molecule has 0 aromatic carbocycles. The first-order valence-electron chi connectivity index (χ1n) is 8.67. The zero-order valence-electron chi connectivity index (χ0n) is 14.1. The molecule has 4 aliphatic carbocycles. The van der Waals surface area contributed by atoms with Gasteiger partial charge in [0.15, 0.2) is 5.78 Å². The molecule has 2 saturated carbocycles. The molecule has 23 heavy (non-hydrogen) atoms. The molecule has 0 heterocycles. The quantitative estimate of drug-likeness (QED) is 0.666. The van der Waals surface area contributed by atoms with Crippen LogP contribution in [0.4, 0.5) is 0 Å². The maximum atomic E-state index is 12.4. The summed E-state index contributed by atoms with van der Waals surface area (Å²) in [6.07, 6.45) is 13.0. The van der Waals surface area contributed by atoms with E-state index in [2.05, 4.69) is 26.0 Å². The van der Waals surface area contributed by atoms with Gasteiger partial charge >= 0.3 is 0 Å². The Labute approximate surface area is 142 Å². The normalized spacial score (nSPS) is 42.3. The van der Waals surface area contributed by atoms with E-state index in [0.717, 1.165) is 37.0 Å². The first kappa shape index (κ1) is 15.4. The second kappa shape index (κ2) is 4.95. The van der Waals surface area contributed by atoms with Gasteiger partial charge in [0.25, 0.3) is 0 Å². The van der Waals surface area contributed by atoms with Crippen molar-refractivity contribution in [1.29, 1.82) is 0 Å². The highest BCUT2D eigenvalue weighted by Crippen LogP contribution is 2.62. The lowest BCUT2D eigenvalue weighted by atomic mass is 9.53. The topological polar surface area (TPSA) is 34.1 Å². The smallest absolute Gasteiger partial charge is 0.191 e. The van der Waals surface area contributed by atoms with Crippen molar-refractivity contribution in [2.45, 2.75) is 46.0 Å². The van der Waals surface area contributed by atoms with E-state index in [0.29, 0.717) is 17.6 Å². The molecular formula is C20H24O2S. The molecule has 0 radical (unpaired) electrons. The van der Waals surface area contributed by atoms with Crippen LogP contribution in [0, 0.1) is 22.7 Å². The Hall–Kier alpha value is -1.09. The molecule has 3 heteroatoms. The molecule has 0 aliphatic heterocycles. The fraction of sp³-hybridized carbons (Fsp3) is 0.600. The standard InChI is InChI=1S/C20H24O2S/c1-19-11-9-16(21)18(23-3)15(19)5-4-12-13-6-7-17(22)20(13,2)10-8-14(12)19/h8-9,11-13H,4-7,10H2,1-3H3/t12-,13-,19+,20-/m0/s1. The van der Waals surface area contributed by atoms with Crippen LogP contribution in [-0.2, 0) is 9.59 Å². The molecule has 0 aromatic rings. The highest BCUT2D eigenvalue weighted by Gasteiger charge is 2.55. The van der Waals surface area contributed by atoms with E-state index in [1.54, 1.807) is 17.8 Å². The van der Waals surface area contributed by atoms with Crippen LogP contribution in [-0.4, -0.2) is 17.8 Å². The number of hydrogen-bond acceptors (Lipinski definition) is 3. The summed E-state index contributed by atoms with van der Waals surface area (Å²) in [6, 6.07) is 0. The van der Waals surface area contributed by atoms with Crippen LogP contribution in [0.2, 0.25) is 0 Å². The van der Waals surface area contributed by atoms with Gasteiger partial charge in [0.05, 0.1) is 4.91 Å². The number of carbonyl (C=O) groups is 2. The van der Waals surface area contributed by atoms with Crippen LogP contribution < -0.4 is 0 Å².